The molecule has 3 rings (SSSR count). The Balaban J connectivity index is 1.66. The molecule has 8 nitrogen and oxygen atoms in total. The highest BCUT2D eigenvalue weighted by Crippen LogP contribution is 2.15. The van der Waals surface area contributed by atoms with Gasteiger partial charge in [-0.1, -0.05) is 0 Å². The minimum atomic E-state index is -3.01. The number of hydrogen-bond donors (Lipinski definition) is 1. The van der Waals surface area contributed by atoms with Gasteiger partial charge in [0.05, 0.1) is 11.5 Å². The van der Waals surface area contributed by atoms with Gasteiger partial charge in [-0.05, 0) is 13.5 Å². The number of sulfone groups is 1. The monoisotopic (exact) mass is 339 g/mol. The maximum absolute atomic E-state index is 12.3. The smallest absolute Gasteiger partial charge is 0.270 e. The third-order valence-electron chi connectivity index (χ3n) is 4.28. The molecule has 1 aromatic heterocycles. The van der Waals surface area contributed by atoms with Gasteiger partial charge < -0.3 is 15.1 Å². The van der Waals surface area contributed by atoms with E-state index in [0.29, 0.717) is 6.42 Å². The molecule has 1 N–H and O–H groups in total. The van der Waals surface area contributed by atoms with Gasteiger partial charge in [-0.3, -0.25) is 4.79 Å². The molecule has 1 amide bonds. The van der Waals surface area contributed by atoms with Crippen molar-refractivity contribution in [1.82, 2.24) is 20.2 Å². The minimum absolute atomic E-state index is 0.00907. The van der Waals surface area contributed by atoms with Crippen molar-refractivity contribution < 1.29 is 13.2 Å². The van der Waals surface area contributed by atoms with Crippen LogP contribution in [0.15, 0.2) is 12.4 Å². The van der Waals surface area contributed by atoms with Crippen molar-refractivity contribution >= 4 is 21.6 Å². The van der Waals surface area contributed by atoms with Crippen LogP contribution >= 0.6 is 0 Å². The minimum Gasteiger partial charge on any atom is -0.354 e. The van der Waals surface area contributed by atoms with Crippen molar-refractivity contribution in [2.75, 3.05) is 49.6 Å². The van der Waals surface area contributed by atoms with Crippen LogP contribution in [0, 0.1) is 0 Å². The molecule has 2 saturated heterocycles. The fourth-order valence-electron chi connectivity index (χ4n) is 2.85. The summed E-state index contributed by atoms with van der Waals surface area (Å²) in [5, 5.41) is 2.75. The summed E-state index contributed by atoms with van der Waals surface area (Å²) in [5.41, 5.74) is 0.276. The molecule has 1 unspecified atom stereocenters. The van der Waals surface area contributed by atoms with Gasteiger partial charge in [-0.15, -0.1) is 0 Å². The number of hydrogen-bond acceptors (Lipinski definition) is 7. The van der Waals surface area contributed by atoms with Crippen molar-refractivity contribution in [3.8, 4) is 0 Å². The normalized spacial score (nSPS) is 24.6. The maximum atomic E-state index is 12.3. The first-order chi connectivity index (χ1) is 10.9. The van der Waals surface area contributed by atoms with E-state index in [1.165, 1.54) is 6.33 Å². The van der Waals surface area contributed by atoms with Gasteiger partial charge in [0.15, 0.2) is 9.84 Å². The van der Waals surface area contributed by atoms with E-state index < -0.39 is 9.84 Å². The number of amides is 1. The Morgan fingerprint density at radius 1 is 1.26 bits per heavy atom. The number of likely N-dealkylation sites (N-methyl/N-ethyl adjacent to an activating group) is 1. The van der Waals surface area contributed by atoms with Gasteiger partial charge in [-0.25, -0.2) is 18.4 Å². The van der Waals surface area contributed by atoms with E-state index in [1.807, 2.05) is 0 Å². The molecule has 9 heteroatoms. The standard InChI is InChI=1S/C14H21N5O3S/c1-18-3-5-19(6-4-18)13-8-12(15-10-16-13)14(20)17-11-2-7-23(21,22)9-11/h8,10-11H,2-7,9H2,1H3,(H,17,20). The molecule has 0 bridgehead atoms. The van der Waals surface area contributed by atoms with Gasteiger partial charge in [0.1, 0.15) is 17.8 Å². The lowest BCUT2D eigenvalue weighted by atomic mass is 10.2. The molecule has 0 saturated carbocycles. The van der Waals surface area contributed by atoms with Crippen LogP contribution in [0.2, 0.25) is 0 Å². The predicted molar refractivity (Wildman–Crippen MR) is 86.3 cm³/mol. The molecule has 1 aromatic rings. The number of anilines is 1. The quantitative estimate of drug-likeness (QED) is 0.766. The summed E-state index contributed by atoms with van der Waals surface area (Å²) in [5.74, 6) is 0.533. The number of rotatable bonds is 3. The second-order valence-corrected chi connectivity index (χ2v) is 8.35. The van der Waals surface area contributed by atoms with Crippen molar-refractivity contribution in [2.45, 2.75) is 12.5 Å². The van der Waals surface area contributed by atoms with Crippen LogP contribution in [0.1, 0.15) is 16.9 Å². The van der Waals surface area contributed by atoms with E-state index in [2.05, 4.69) is 32.1 Å². The fraction of sp³-hybridized carbons (Fsp3) is 0.643. The molecule has 0 spiro atoms. The van der Waals surface area contributed by atoms with Crippen LogP contribution in [0.4, 0.5) is 5.82 Å². The molecule has 0 aliphatic carbocycles. The van der Waals surface area contributed by atoms with Gasteiger partial charge in [0.2, 0.25) is 0 Å². The van der Waals surface area contributed by atoms with Crippen LogP contribution < -0.4 is 10.2 Å². The highest BCUT2D eigenvalue weighted by Gasteiger charge is 2.29. The van der Waals surface area contributed by atoms with Gasteiger partial charge in [0, 0.05) is 38.3 Å². The number of piperazine rings is 1. The first-order valence-electron chi connectivity index (χ1n) is 7.70. The maximum Gasteiger partial charge on any atom is 0.270 e. The third kappa shape index (κ3) is 3.97. The second kappa shape index (κ2) is 6.40. The van der Waals surface area contributed by atoms with Crippen LogP contribution in [-0.2, 0) is 9.84 Å². The second-order valence-electron chi connectivity index (χ2n) is 6.13. The number of carbonyl (C=O) groups is 1. The zero-order chi connectivity index (χ0) is 16.4. The summed E-state index contributed by atoms with van der Waals surface area (Å²) in [6.07, 6.45) is 1.85. The molecule has 23 heavy (non-hydrogen) atoms. The van der Waals surface area contributed by atoms with Crippen LogP contribution in [-0.4, -0.2) is 80.0 Å². The number of nitrogens with one attached hydrogen (secondary N) is 1. The first kappa shape index (κ1) is 16.1. The van der Waals surface area contributed by atoms with E-state index in [0.717, 1.165) is 32.0 Å². The highest BCUT2D eigenvalue weighted by atomic mass is 32.2. The molecule has 3 heterocycles. The average Bonchev–Trinajstić information content (AvgIpc) is 2.87. The summed E-state index contributed by atoms with van der Waals surface area (Å²) < 4.78 is 22.9. The van der Waals surface area contributed by atoms with Gasteiger partial charge in [-0.2, -0.15) is 0 Å². The molecule has 126 valence electrons. The topological polar surface area (TPSA) is 95.5 Å². The number of aromatic nitrogens is 2. The molecule has 2 aliphatic heterocycles. The first-order valence-corrected chi connectivity index (χ1v) is 9.52. The summed E-state index contributed by atoms with van der Waals surface area (Å²) in [4.78, 5) is 24.9. The summed E-state index contributed by atoms with van der Waals surface area (Å²) in [6.45, 7) is 3.61. The number of nitrogens with zero attached hydrogens (tertiary/aromatic N) is 4. The molecule has 2 aliphatic rings. The van der Waals surface area contributed by atoms with E-state index in [1.54, 1.807) is 6.07 Å². The summed E-state index contributed by atoms with van der Waals surface area (Å²) in [6, 6.07) is 1.35. The van der Waals surface area contributed by atoms with Crippen LogP contribution in [0.25, 0.3) is 0 Å². The van der Waals surface area contributed by atoms with E-state index in [9.17, 15) is 13.2 Å². The average molecular weight is 339 g/mol. The Hall–Kier alpha value is -1.74. The van der Waals surface area contributed by atoms with Crippen LogP contribution in [0.5, 0.6) is 0 Å². The fourth-order valence-corrected chi connectivity index (χ4v) is 4.52. The van der Waals surface area contributed by atoms with Crippen molar-refractivity contribution in [3.05, 3.63) is 18.1 Å². The zero-order valence-corrected chi connectivity index (χ0v) is 13.9. The lowest BCUT2D eigenvalue weighted by molar-refractivity contribution is 0.0936. The molecule has 0 radical (unpaired) electrons. The van der Waals surface area contributed by atoms with Crippen molar-refractivity contribution in [3.63, 3.8) is 0 Å². The summed E-state index contributed by atoms with van der Waals surface area (Å²) in [7, 11) is -0.939. The van der Waals surface area contributed by atoms with Crippen molar-refractivity contribution in [2.24, 2.45) is 0 Å². The molecular formula is C14H21N5O3S. The Morgan fingerprint density at radius 2 is 2.00 bits per heavy atom. The Morgan fingerprint density at radius 3 is 2.65 bits per heavy atom. The lowest BCUT2D eigenvalue weighted by Crippen LogP contribution is -2.45. The predicted octanol–water partition coefficient (Wildman–Crippen LogP) is -0.855. The molecular weight excluding hydrogens is 318 g/mol. The molecule has 0 aromatic carbocycles. The van der Waals surface area contributed by atoms with E-state index in [-0.39, 0.29) is 29.1 Å². The van der Waals surface area contributed by atoms with Gasteiger partial charge >= 0.3 is 0 Å². The van der Waals surface area contributed by atoms with Crippen LogP contribution in [0.3, 0.4) is 0 Å². The number of carbonyl (C=O) groups excluding carboxylic acids is 1. The highest BCUT2D eigenvalue weighted by molar-refractivity contribution is 7.91. The molecule has 1 atom stereocenters. The Bertz CT molecular complexity index is 685. The van der Waals surface area contributed by atoms with E-state index >= 15 is 0 Å². The Labute approximate surface area is 135 Å². The molecule has 2 fully saturated rings. The van der Waals surface area contributed by atoms with E-state index in [4.69, 9.17) is 0 Å². The van der Waals surface area contributed by atoms with Crippen molar-refractivity contribution in [1.29, 1.82) is 0 Å². The third-order valence-corrected chi connectivity index (χ3v) is 6.05. The zero-order valence-electron chi connectivity index (χ0n) is 13.1. The van der Waals surface area contributed by atoms with Gasteiger partial charge in [0.25, 0.3) is 5.91 Å². The summed E-state index contributed by atoms with van der Waals surface area (Å²) >= 11 is 0. The lowest BCUT2D eigenvalue weighted by Gasteiger charge is -2.33. The largest absolute Gasteiger partial charge is 0.354 e. The SMILES string of the molecule is CN1CCN(c2cc(C(=O)NC3CCS(=O)(=O)C3)ncn2)CC1. The Kier molecular flexibility index (Phi) is 4.49.